The van der Waals surface area contributed by atoms with Crippen molar-refractivity contribution in [1.29, 1.82) is 0 Å². The van der Waals surface area contributed by atoms with E-state index in [9.17, 15) is 4.79 Å². The number of oxazole rings is 1. The fourth-order valence-electron chi connectivity index (χ4n) is 5.99. The number of aromatic nitrogens is 1. The SMILES string of the molecule is CCC1CC(=O)NN=C1c1ccc2nc(-c3ccc(O[C@H]4CCC[C@@H]4N4CCCCC4)cc3)oc2c1. The summed E-state index contributed by atoms with van der Waals surface area (Å²) in [6.45, 7) is 4.51. The number of nitrogens with one attached hydrogen (secondary N) is 1. The van der Waals surface area contributed by atoms with Gasteiger partial charge in [0.15, 0.2) is 5.58 Å². The molecule has 1 unspecified atom stereocenters. The van der Waals surface area contributed by atoms with Crippen molar-refractivity contribution in [3.05, 3.63) is 48.0 Å². The van der Waals surface area contributed by atoms with Gasteiger partial charge >= 0.3 is 0 Å². The van der Waals surface area contributed by atoms with Crippen LogP contribution in [0.15, 0.2) is 52.0 Å². The fourth-order valence-corrected chi connectivity index (χ4v) is 5.99. The summed E-state index contributed by atoms with van der Waals surface area (Å²) in [6, 6.07) is 14.6. The van der Waals surface area contributed by atoms with Crippen LogP contribution in [-0.4, -0.2) is 46.7 Å². The number of rotatable bonds is 6. The van der Waals surface area contributed by atoms with Gasteiger partial charge in [0.2, 0.25) is 11.8 Å². The Morgan fingerprint density at radius 3 is 2.64 bits per heavy atom. The molecule has 0 spiro atoms. The summed E-state index contributed by atoms with van der Waals surface area (Å²) in [7, 11) is 0. The number of piperidine rings is 1. The first-order valence-corrected chi connectivity index (χ1v) is 13.5. The lowest BCUT2D eigenvalue weighted by atomic mass is 9.90. The number of fused-ring (bicyclic) bond motifs is 1. The molecule has 3 aromatic rings. The van der Waals surface area contributed by atoms with Crippen LogP contribution in [0.25, 0.3) is 22.6 Å². The normalized spacial score (nSPS) is 25.1. The van der Waals surface area contributed by atoms with Gasteiger partial charge in [0, 0.05) is 29.5 Å². The van der Waals surface area contributed by atoms with E-state index in [1.54, 1.807) is 0 Å². The zero-order valence-electron chi connectivity index (χ0n) is 20.9. The molecule has 36 heavy (non-hydrogen) atoms. The maximum absolute atomic E-state index is 11.7. The quantitative estimate of drug-likeness (QED) is 0.495. The second-order valence-corrected chi connectivity index (χ2v) is 10.3. The molecule has 3 atom stereocenters. The number of amides is 1. The summed E-state index contributed by atoms with van der Waals surface area (Å²) in [5.74, 6) is 1.58. The molecule has 188 valence electrons. The Bertz CT molecular complexity index is 1260. The lowest BCUT2D eigenvalue weighted by Gasteiger charge is -2.35. The average Bonchev–Trinajstić information content (AvgIpc) is 3.56. The molecule has 7 heteroatoms. The number of hydrogen-bond donors (Lipinski definition) is 1. The number of carbonyl (C=O) groups excluding carboxylic acids is 1. The highest BCUT2D eigenvalue weighted by Gasteiger charge is 2.34. The van der Waals surface area contributed by atoms with Crippen LogP contribution in [0, 0.1) is 5.92 Å². The Balaban J connectivity index is 1.18. The van der Waals surface area contributed by atoms with Gasteiger partial charge in [-0.25, -0.2) is 10.4 Å². The average molecular weight is 487 g/mol. The second kappa shape index (κ2) is 10.1. The Hall–Kier alpha value is -3.19. The predicted molar refractivity (Wildman–Crippen MR) is 140 cm³/mol. The Morgan fingerprint density at radius 1 is 1.03 bits per heavy atom. The van der Waals surface area contributed by atoms with E-state index in [2.05, 4.69) is 22.4 Å². The molecule has 3 heterocycles. The Morgan fingerprint density at radius 2 is 1.83 bits per heavy atom. The topological polar surface area (TPSA) is 80.0 Å². The molecule has 1 aromatic heterocycles. The van der Waals surface area contributed by atoms with Crippen LogP contribution in [0.5, 0.6) is 5.75 Å². The van der Waals surface area contributed by atoms with Crippen molar-refractivity contribution in [2.75, 3.05) is 13.1 Å². The molecule has 6 rings (SSSR count). The van der Waals surface area contributed by atoms with Crippen molar-refractivity contribution in [3.63, 3.8) is 0 Å². The van der Waals surface area contributed by atoms with E-state index in [0.29, 0.717) is 23.9 Å². The van der Waals surface area contributed by atoms with Crippen LogP contribution in [0.2, 0.25) is 0 Å². The minimum atomic E-state index is -0.0315. The minimum Gasteiger partial charge on any atom is -0.489 e. The molecule has 2 aromatic carbocycles. The van der Waals surface area contributed by atoms with Crippen molar-refractivity contribution in [1.82, 2.24) is 15.3 Å². The van der Waals surface area contributed by atoms with Gasteiger partial charge in [0.1, 0.15) is 17.4 Å². The van der Waals surface area contributed by atoms with Crippen molar-refractivity contribution < 1.29 is 13.9 Å². The Kier molecular flexibility index (Phi) is 6.48. The van der Waals surface area contributed by atoms with Gasteiger partial charge in [0.05, 0.1) is 5.71 Å². The van der Waals surface area contributed by atoms with E-state index in [4.69, 9.17) is 14.1 Å². The van der Waals surface area contributed by atoms with Crippen molar-refractivity contribution in [2.24, 2.45) is 11.0 Å². The maximum Gasteiger partial charge on any atom is 0.240 e. The molecular weight excluding hydrogens is 452 g/mol. The number of carbonyl (C=O) groups is 1. The number of nitrogens with zero attached hydrogens (tertiary/aromatic N) is 3. The summed E-state index contributed by atoms with van der Waals surface area (Å²) in [6.07, 6.45) is 9.20. The minimum absolute atomic E-state index is 0.0315. The lowest BCUT2D eigenvalue weighted by molar-refractivity contribution is -0.122. The maximum atomic E-state index is 11.7. The summed E-state index contributed by atoms with van der Waals surface area (Å²) in [4.78, 5) is 19.1. The molecule has 1 saturated carbocycles. The van der Waals surface area contributed by atoms with Gasteiger partial charge in [0.25, 0.3) is 0 Å². The highest BCUT2D eigenvalue weighted by atomic mass is 16.5. The number of hydrazone groups is 1. The highest BCUT2D eigenvalue weighted by Crippen LogP contribution is 2.32. The molecule has 3 aliphatic rings. The van der Waals surface area contributed by atoms with Crippen molar-refractivity contribution >= 4 is 22.7 Å². The van der Waals surface area contributed by atoms with Crippen LogP contribution < -0.4 is 10.2 Å². The van der Waals surface area contributed by atoms with Crippen LogP contribution in [0.4, 0.5) is 0 Å². The molecule has 1 amide bonds. The molecule has 1 aliphatic carbocycles. The van der Waals surface area contributed by atoms with E-state index < -0.39 is 0 Å². The van der Waals surface area contributed by atoms with Gasteiger partial charge in [-0.2, -0.15) is 5.10 Å². The first-order valence-electron chi connectivity index (χ1n) is 13.5. The molecule has 2 fully saturated rings. The zero-order valence-corrected chi connectivity index (χ0v) is 20.9. The second-order valence-electron chi connectivity index (χ2n) is 10.3. The molecule has 2 aliphatic heterocycles. The summed E-state index contributed by atoms with van der Waals surface area (Å²) >= 11 is 0. The molecule has 1 N–H and O–H groups in total. The van der Waals surface area contributed by atoms with E-state index in [1.807, 2.05) is 42.5 Å². The van der Waals surface area contributed by atoms with E-state index in [1.165, 1.54) is 45.2 Å². The van der Waals surface area contributed by atoms with Crippen LogP contribution >= 0.6 is 0 Å². The van der Waals surface area contributed by atoms with Gasteiger partial charge in [-0.3, -0.25) is 9.69 Å². The number of ether oxygens (including phenoxy) is 1. The number of hydrogen-bond acceptors (Lipinski definition) is 6. The molecular formula is C29H34N4O3. The van der Waals surface area contributed by atoms with E-state index >= 15 is 0 Å². The standard InChI is InChI=1S/C29H34N4O3/c1-2-19-18-27(34)31-32-28(19)21-11-14-23-26(17-21)36-29(30-23)20-9-12-22(13-10-20)35-25-8-6-7-24(25)33-15-4-3-5-16-33/h9-14,17,19,24-25H,2-8,15-16,18H2,1H3,(H,31,34)/t19?,24-,25-/m0/s1. The van der Waals surface area contributed by atoms with E-state index in [0.717, 1.165) is 40.9 Å². The third kappa shape index (κ3) is 4.64. The largest absolute Gasteiger partial charge is 0.489 e. The van der Waals surface area contributed by atoms with Gasteiger partial charge in [-0.1, -0.05) is 19.4 Å². The van der Waals surface area contributed by atoms with Crippen molar-refractivity contribution in [3.8, 4) is 17.2 Å². The summed E-state index contributed by atoms with van der Waals surface area (Å²) in [5.41, 5.74) is 6.91. The molecule has 1 saturated heterocycles. The van der Waals surface area contributed by atoms with Gasteiger partial charge in [-0.15, -0.1) is 0 Å². The molecule has 0 bridgehead atoms. The number of benzene rings is 2. The van der Waals surface area contributed by atoms with Gasteiger partial charge < -0.3 is 9.15 Å². The van der Waals surface area contributed by atoms with Crippen LogP contribution in [0.1, 0.15) is 63.9 Å². The molecule has 7 nitrogen and oxygen atoms in total. The van der Waals surface area contributed by atoms with E-state index in [-0.39, 0.29) is 17.9 Å². The highest BCUT2D eigenvalue weighted by molar-refractivity contribution is 6.07. The Labute approximate surface area is 211 Å². The number of likely N-dealkylation sites (tertiary alicyclic amines) is 1. The summed E-state index contributed by atoms with van der Waals surface area (Å²) in [5, 5.41) is 4.33. The zero-order chi connectivity index (χ0) is 24.5. The lowest BCUT2D eigenvalue weighted by Crippen LogP contribution is -2.45. The van der Waals surface area contributed by atoms with Gasteiger partial charge in [-0.05, 0) is 88.0 Å². The summed E-state index contributed by atoms with van der Waals surface area (Å²) < 4.78 is 12.6. The van der Waals surface area contributed by atoms with Crippen LogP contribution in [0.3, 0.4) is 0 Å². The van der Waals surface area contributed by atoms with Crippen LogP contribution in [-0.2, 0) is 4.79 Å². The third-order valence-corrected chi connectivity index (χ3v) is 7.96. The third-order valence-electron chi connectivity index (χ3n) is 7.96. The monoisotopic (exact) mass is 486 g/mol. The molecule has 0 radical (unpaired) electrons. The first kappa shape index (κ1) is 23.2. The fraction of sp³-hybridized carbons (Fsp3) is 0.483. The van der Waals surface area contributed by atoms with Crippen molar-refractivity contribution in [2.45, 2.75) is 70.4 Å². The predicted octanol–water partition coefficient (Wildman–Crippen LogP) is 5.53. The smallest absolute Gasteiger partial charge is 0.240 e. The first-order chi connectivity index (χ1) is 17.7.